The summed E-state index contributed by atoms with van der Waals surface area (Å²) in [5.74, 6) is -0.865. The Morgan fingerprint density at radius 1 is 1.50 bits per heavy atom. The molecule has 0 aliphatic rings. The van der Waals surface area contributed by atoms with Gasteiger partial charge in [0, 0.05) is 24.5 Å². The standard InChI is InChI=1S/C12H16N2O2/c1-10(12(15)16)2-6-13-7-3-11-4-8-14-9-5-11/h2,4-5,8-9,13H,3,6-7H2,1H3,(H,15,16)/b10-2-. The van der Waals surface area contributed by atoms with Crippen LogP contribution >= 0.6 is 0 Å². The Kier molecular flexibility index (Phi) is 5.22. The normalized spacial score (nSPS) is 11.4. The topological polar surface area (TPSA) is 62.2 Å². The van der Waals surface area contributed by atoms with Crippen LogP contribution in [-0.2, 0) is 11.2 Å². The zero-order valence-electron chi connectivity index (χ0n) is 9.31. The summed E-state index contributed by atoms with van der Waals surface area (Å²) in [6, 6.07) is 3.94. The summed E-state index contributed by atoms with van der Waals surface area (Å²) < 4.78 is 0. The Labute approximate surface area is 95.0 Å². The van der Waals surface area contributed by atoms with Gasteiger partial charge < -0.3 is 10.4 Å². The quantitative estimate of drug-likeness (QED) is 0.559. The van der Waals surface area contributed by atoms with E-state index >= 15 is 0 Å². The van der Waals surface area contributed by atoms with Crippen LogP contribution in [0.5, 0.6) is 0 Å². The van der Waals surface area contributed by atoms with E-state index in [-0.39, 0.29) is 0 Å². The van der Waals surface area contributed by atoms with Crippen LogP contribution in [-0.4, -0.2) is 29.1 Å². The van der Waals surface area contributed by atoms with Crippen molar-refractivity contribution >= 4 is 5.97 Å². The molecule has 86 valence electrons. The van der Waals surface area contributed by atoms with Gasteiger partial charge in [-0.15, -0.1) is 0 Å². The van der Waals surface area contributed by atoms with Crippen molar-refractivity contribution in [1.29, 1.82) is 0 Å². The van der Waals surface area contributed by atoms with E-state index in [1.54, 1.807) is 25.4 Å². The molecule has 0 fully saturated rings. The van der Waals surface area contributed by atoms with E-state index in [0.717, 1.165) is 13.0 Å². The molecule has 4 nitrogen and oxygen atoms in total. The number of carboxylic acids is 1. The molecule has 0 aromatic carbocycles. The van der Waals surface area contributed by atoms with Crippen molar-refractivity contribution in [3.8, 4) is 0 Å². The molecule has 2 N–H and O–H groups in total. The SMILES string of the molecule is C/C(=C/CNCCc1ccncc1)C(=O)O. The van der Waals surface area contributed by atoms with Crippen LogP contribution < -0.4 is 5.32 Å². The van der Waals surface area contributed by atoms with Gasteiger partial charge in [0.15, 0.2) is 0 Å². The van der Waals surface area contributed by atoms with Crippen LogP contribution in [0.4, 0.5) is 0 Å². The predicted octanol–water partition coefficient (Wildman–Crippen LogP) is 1.24. The number of pyridine rings is 1. The number of carboxylic acid groups (broad SMARTS) is 1. The van der Waals surface area contributed by atoms with Crippen molar-refractivity contribution in [2.45, 2.75) is 13.3 Å². The van der Waals surface area contributed by atoms with Crippen molar-refractivity contribution in [3.63, 3.8) is 0 Å². The first-order chi connectivity index (χ1) is 7.70. The first kappa shape index (κ1) is 12.4. The summed E-state index contributed by atoms with van der Waals surface area (Å²) in [5.41, 5.74) is 1.60. The zero-order valence-corrected chi connectivity index (χ0v) is 9.31. The zero-order chi connectivity index (χ0) is 11.8. The van der Waals surface area contributed by atoms with Crippen LogP contribution in [0.3, 0.4) is 0 Å². The van der Waals surface area contributed by atoms with E-state index < -0.39 is 5.97 Å². The lowest BCUT2D eigenvalue weighted by Crippen LogP contribution is -2.17. The first-order valence-electron chi connectivity index (χ1n) is 5.20. The molecule has 0 amide bonds. The molecular formula is C12H16N2O2. The minimum Gasteiger partial charge on any atom is -0.478 e. The van der Waals surface area contributed by atoms with Crippen LogP contribution in [0.1, 0.15) is 12.5 Å². The molecule has 0 aliphatic heterocycles. The highest BCUT2D eigenvalue weighted by molar-refractivity contribution is 5.85. The maximum absolute atomic E-state index is 10.5. The minimum atomic E-state index is -0.865. The lowest BCUT2D eigenvalue weighted by atomic mass is 10.2. The van der Waals surface area contributed by atoms with E-state index in [4.69, 9.17) is 5.11 Å². The van der Waals surface area contributed by atoms with Gasteiger partial charge in [-0.3, -0.25) is 4.98 Å². The van der Waals surface area contributed by atoms with Gasteiger partial charge >= 0.3 is 5.97 Å². The van der Waals surface area contributed by atoms with Gasteiger partial charge in [-0.25, -0.2) is 4.79 Å². The summed E-state index contributed by atoms with van der Waals surface area (Å²) in [6.07, 6.45) is 6.13. The second-order valence-corrected chi connectivity index (χ2v) is 3.50. The third-order valence-electron chi connectivity index (χ3n) is 2.23. The fraction of sp³-hybridized carbons (Fsp3) is 0.333. The van der Waals surface area contributed by atoms with Gasteiger partial charge in [0.25, 0.3) is 0 Å². The average Bonchev–Trinajstić information content (AvgIpc) is 2.29. The number of aliphatic carboxylic acids is 1. The van der Waals surface area contributed by atoms with Crippen molar-refractivity contribution in [3.05, 3.63) is 41.7 Å². The van der Waals surface area contributed by atoms with Crippen LogP contribution in [0.2, 0.25) is 0 Å². The van der Waals surface area contributed by atoms with Gasteiger partial charge in [-0.05, 0) is 37.6 Å². The molecule has 0 aliphatic carbocycles. The molecule has 0 atom stereocenters. The summed E-state index contributed by atoms with van der Waals surface area (Å²) in [6.45, 7) is 3.00. The van der Waals surface area contributed by atoms with Gasteiger partial charge in [0.2, 0.25) is 0 Å². The van der Waals surface area contributed by atoms with Crippen LogP contribution in [0.15, 0.2) is 36.2 Å². The minimum absolute atomic E-state index is 0.372. The molecule has 0 unspecified atom stereocenters. The molecule has 0 saturated carbocycles. The predicted molar refractivity (Wildman–Crippen MR) is 62.2 cm³/mol. The second-order valence-electron chi connectivity index (χ2n) is 3.50. The number of hydrogen-bond acceptors (Lipinski definition) is 3. The maximum atomic E-state index is 10.5. The largest absolute Gasteiger partial charge is 0.478 e. The van der Waals surface area contributed by atoms with Gasteiger partial charge in [0.1, 0.15) is 0 Å². The Hall–Kier alpha value is -1.68. The maximum Gasteiger partial charge on any atom is 0.330 e. The van der Waals surface area contributed by atoms with Gasteiger partial charge in [0.05, 0.1) is 0 Å². The summed E-state index contributed by atoms with van der Waals surface area (Å²) in [7, 11) is 0. The molecule has 1 aromatic rings. The number of nitrogens with one attached hydrogen (secondary N) is 1. The molecule has 1 heterocycles. The molecule has 0 bridgehead atoms. The number of nitrogens with zero attached hydrogens (tertiary/aromatic N) is 1. The Bertz CT molecular complexity index is 361. The highest BCUT2D eigenvalue weighted by Crippen LogP contribution is 1.96. The molecule has 4 heteroatoms. The van der Waals surface area contributed by atoms with Gasteiger partial charge in [-0.2, -0.15) is 0 Å². The van der Waals surface area contributed by atoms with Crippen molar-refractivity contribution in [1.82, 2.24) is 10.3 Å². The van der Waals surface area contributed by atoms with E-state index in [9.17, 15) is 4.79 Å². The molecule has 1 aromatic heterocycles. The monoisotopic (exact) mass is 220 g/mol. The van der Waals surface area contributed by atoms with E-state index in [1.807, 2.05) is 12.1 Å². The molecule has 0 spiro atoms. The van der Waals surface area contributed by atoms with E-state index in [2.05, 4.69) is 10.3 Å². The van der Waals surface area contributed by atoms with Crippen LogP contribution in [0, 0.1) is 0 Å². The van der Waals surface area contributed by atoms with Gasteiger partial charge in [-0.1, -0.05) is 6.08 Å². The molecule has 0 saturated heterocycles. The van der Waals surface area contributed by atoms with E-state index in [1.165, 1.54) is 5.56 Å². The Morgan fingerprint density at radius 2 is 2.19 bits per heavy atom. The lowest BCUT2D eigenvalue weighted by Gasteiger charge is -2.02. The summed E-state index contributed by atoms with van der Waals surface area (Å²) in [5, 5.41) is 11.8. The fourth-order valence-electron chi connectivity index (χ4n) is 1.20. The summed E-state index contributed by atoms with van der Waals surface area (Å²) >= 11 is 0. The summed E-state index contributed by atoms with van der Waals surface area (Å²) in [4.78, 5) is 14.4. The highest BCUT2D eigenvalue weighted by atomic mass is 16.4. The van der Waals surface area contributed by atoms with E-state index in [0.29, 0.717) is 12.1 Å². The Balaban J connectivity index is 2.18. The lowest BCUT2D eigenvalue weighted by molar-refractivity contribution is -0.132. The molecule has 16 heavy (non-hydrogen) atoms. The van der Waals surface area contributed by atoms with Crippen molar-refractivity contribution in [2.75, 3.05) is 13.1 Å². The Morgan fingerprint density at radius 3 is 2.81 bits per heavy atom. The number of carbonyl (C=O) groups is 1. The number of rotatable bonds is 6. The number of aromatic nitrogens is 1. The third-order valence-corrected chi connectivity index (χ3v) is 2.23. The average molecular weight is 220 g/mol. The van der Waals surface area contributed by atoms with Crippen molar-refractivity contribution < 1.29 is 9.90 Å². The number of hydrogen-bond donors (Lipinski definition) is 2. The smallest absolute Gasteiger partial charge is 0.330 e. The molecule has 1 rings (SSSR count). The first-order valence-corrected chi connectivity index (χ1v) is 5.20. The third kappa shape index (κ3) is 4.70. The highest BCUT2D eigenvalue weighted by Gasteiger charge is 1.97. The fourth-order valence-corrected chi connectivity index (χ4v) is 1.20. The van der Waals surface area contributed by atoms with Crippen molar-refractivity contribution in [2.24, 2.45) is 0 Å². The van der Waals surface area contributed by atoms with Crippen LogP contribution in [0.25, 0.3) is 0 Å². The molecule has 0 radical (unpaired) electrons. The second kappa shape index (κ2) is 6.74. The molecular weight excluding hydrogens is 204 g/mol.